The van der Waals surface area contributed by atoms with E-state index in [2.05, 4.69) is 27.2 Å². The summed E-state index contributed by atoms with van der Waals surface area (Å²) in [6, 6.07) is 4.22. The Morgan fingerprint density at radius 3 is 2.69 bits per heavy atom. The quantitative estimate of drug-likeness (QED) is 0.659. The van der Waals surface area contributed by atoms with Crippen molar-refractivity contribution in [3.63, 3.8) is 0 Å². The van der Waals surface area contributed by atoms with Gasteiger partial charge in [0.25, 0.3) is 0 Å². The first kappa shape index (κ1) is 13.2. The highest BCUT2D eigenvalue weighted by Gasteiger charge is 2.18. The number of hydrogen-bond acceptors (Lipinski definition) is 3. The topological polar surface area (TPSA) is 72.2 Å². The average Bonchev–Trinajstić information content (AvgIpc) is 2.16. The lowest BCUT2D eigenvalue weighted by Gasteiger charge is -2.11. The van der Waals surface area contributed by atoms with Crippen LogP contribution in [0.15, 0.2) is 40.2 Å². The molecule has 0 spiro atoms. The number of nitrogens with one attached hydrogen (secondary N) is 1. The fourth-order valence-corrected chi connectivity index (χ4v) is 3.40. The predicted octanol–water partition coefficient (Wildman–Crippen LogP) is 1.88. The molecule has 0 heterocycles. The summed E-state index contributed by atoms with van der Waals surface area (Å²) in [6.07, 6.45) is 1.52. The molecule has 0 bridgehead atoms. The van der Waals surface area contributed by atoms with Crippen LogP contribution in [0.2, 0.25) is 0 Å². The molecule has 88 valence electrons. The molecular formula is C10H13BrN2O2S. The first-order valence-corrected chi connectivity index (χ1v) is 6.84. The molecule has 1 rings (SSSR count). The van der Waals surface area contributed by atoms with Crippen LogP contribution in [-0.4, -0.2) is 14.5 Å². The molecule has 0 aromatic heterocycles. The van der Waals surface area contributed by atoms with Crippen molar-refractivity contribution >= 4 is 31.6 Å². The van der Waals surface area contributed by atoms with E-state index >= 15 is 0 Å². The number of rotatable bonds is 4. The van der Waals surface area contributed by atoms with Crippen molar-refractivity contribution in [3.8, 4) is 0 Å². The summed E-state index contributed by atoms with van der Waals surface area (Å²) in [6.45, 7) is 5.22. The molecule has 1 aromatic carbocycles. The Kier molecular flexibility index (Phi) is 4.12. The summed E-state index contributed by atoms with van der Waals surface area (Å²) in [5.41, 5.74) is 6.04. The molecule has 0 saturated carbocycles. The fourth-order valence-electron chi connectivity index (χ4n) is 1.09. The third-order valence-corrected chi connectivity index (χ3v) is 4.48. The van der Waals surface area contributed by atoms with Crippen LogP contribution < -0.4 is 10.5 Å². The molecule has 0 amide bonds. The highest BCUT2D eigenvalue weighted by atomic mass is 79.9. The molecule has 4 nitrogen and oxygen atoms in total. The zero-order valence-corrected chi connectivity index (χ0v) is 11.2. The second-order valence-electron chi connectivity index (χ2n) is 3.34. The molecule has 0 fully saturated rings. The maximum Gasteiger partial charge on any atom is 0.242 e. The van der Waals surface area contributed by atoms with Crippen LogP contribution >= 0.6 is 15.9 Å². The van der Waals surface area contributed by atoms with E-state index in [-0.39, 0.29) is 10.9 Å². The first-order chi connectivity index (χ1) is 7.36. The van der Waals surface area contributed by atoms with Gasteiger partial charge in [-0.25, -0.2) is 13.1 Å². The van der Waals surface area contributed by atoms with Gasteiger partial charge in [0.15, 0.2) is 0 Å². The van der Waals surface area contributed by atoms with Crippen molar-refractivity contribution < 1.29 is 8.42 Å². The summed E-state index contributed by atoms with van der Waals surface area (Å²) in [5.74, 6) is 0. The third kappa shape index (κ3) is 3.07. The van der Waals surface area contributed by atoms with Gasteiger partial charge in [0.2, 0.25) is 10.0 Å². The molecule has 3 N–H and O–H groups in total. The lowest BCUT2D eigenvalue weighted by Crippen LogP contribution is -2.31. The smallest absolute Gasteiger partial charge is 0.242 e. The molecular weight excluding hydrogens is 292 g/mol. The van der Waals surface area contributed by atoms with E-state index in [0.29, 0.717) is 10.2 Å². The van der Waals surface area contributed by atoms with Gasteiger partial charge in [-0.15, -0.1) is 6.58 Å². The second kappa shape index (κ2) is 4.99. The van der Waals surface area contributed by atoms with E-state index < -0.39 is 10.0 Å². The van der Waals surface area contributed by atoms with E-state index in [4.69, 9.17) is 5.73 Å². The van der Waals surface area contributed by atoms with E-state index in [1.807, 2.05) is 0 Å². The van der Waals surface area contributed by atoms with Gasteiger partial charge in [0.1, 0.15) is 0 Å². The average molecular weight is 305 g/mol. The minimum Gasteiger partial charge on any atom is -0.399 e. The van der Waals surface area contributed by atoms with Crippen molar-refractivity contribution in [2.24, 2.45) is 0 Å². The maximum atomic E-state index is 11.9. The Balaban J connectivity index is 3.12. The number of nitrogen functional groups attached to an aromatic ring is 1. The van der Waals surface area contributed by atoms with Gasteiger partial charge in [0.05, 0.1) is 4.90 Å². The number of anilines is 1. The van der Waals surface area contributed by atoms with Crippen LogP contribution in [-0.2, 0) is 10.0 Å². The van der Waals surface area contributed by atoms with Crippen molar-refractivity contribution in [2.45, 2.75) is 17.9 Å². The third-order valence-electron chi connectivity index (χ3n) is 1.94. The van der Waals surface area contributed by atoms with Gasteiger partial charge in [-0.1, -0.05) is 6.08 Å². The van der Waals surface area contributed by atoms with Crippen LogP contribution in [0.4, 0.5) is 5.69 Å². The molecule has 1 unspecified atom stereocenters. The van der Waals surface area contributed by atoms with Crippen LogP contribution in [0.5, 0.6) is 0 Å². The zero-order valence-electron chi connectivity index (χ0n) is 8.77. The minimum absolute atomic E-state index is 0.162. The van der Waals surface area contributed by atoms with E-state index in [1.54, 1.807) is 13.0 Å². The molecule has 6 heteroatoms. The number of benzene rings is 1. The van der Waals surface area contributed by atoms with E-state index in [9.17, 15) is 8.42 Å². The highest BCUT2D eigenvalue weighted by Crippen LogP contribution is 2.24. The van der Waals surface area contributed by atoms with Crippen LogP contribution in [0, 0.1) is 0 Å². The largest absolute Gasteiger partial charge is 0.399 e. The van der Waals surface area contributed by atoms with Gasteiger partial charge in [-0.2, -0.15) is 0 Å². The Morgan fingerprint density at radius 2 is 2.19 bits per heavy atom. The summed E-state index contributed by atoms with van der Waals surface area (Å²) in [7, 11) is -3.54. The lowest BCUT2D eigenvalue weighted by atomic mass is 10.3. The lowest BCUT2D eigenvalue weighted by molar-refractivity contribution is 0.575. The summed E-state index contributed by atoms with van der Waals surface area (Å²) >= 11 is 3.17. The number of hydrogen-bond donors (Lipinski definition) is 2. The van der Waals surface area contributed by atoms with E-state index in [1.165, 1.54) is 18.2 Å². The maximum absolute atomic E-state index is 11.9. The molecule has 16 heavy (non-hydrogen) atoms. The monoisotopic (exact) mass is 304 g/mol. The van der Waals surface area contributed by atoms with E-state index in [0.717, 1.165) is 0 Å². The van der Waals surface area contributed by atoms with Gasteiger partial charge in [-0.05, 0) is 41.1 Å². The van der Waals surface area contributed by atoms with Gasteiger partial charge < -0.3 is 5.73 Å². The molecule has 1 atom stereocenters. The van der Waals surface area contributed by atoms with Crippen molar-refractivity contribution in [1.82, 2.24) is 4.72 Å². The number of sulfonamides is 1. The van der Waals surface area contributed by atoms with Gasteiger partial charge in [0, 0.05) is 16.2 Å². The van der Waals surface area contributed by atoms with Crippen molar-refractivity contribution in [1.29, 1.82) is 0 Å². The van der Waals surface area contributed by atoms with Crippen molar-refractivity contribution in [3.05, 3.63) is 35.3 Å². The molecule has 0 aliphatic heterocycles. The molecule has 1 aromatic rings. The standard InChI is InChI=1S/C10H13BrN2O2S/c1-3-7(2)13-16(14,15)10-5-4-8(12)6-9(10)11/h3-7,13H,1,12H2,2H3. The predicted molar refractivity (Wildman–Crippen MR) is 68.5 cm³/mol. The van der Waals surface area contributed by atoms with Gasteiger partial charge in [-0.3, -0.25) is 0 Å². The van der Waals surface area contributed by atoms with Crippen LogP contribution in [0.25, 0.3) is 0 Å². The summed E-state index contributed by atoms with van der Waals surface area (Å²) in [4.78, 5) is 0.162. The molecule has 0 aliphatic rings. The van der Waals surface area contributed by atoms with Crippen molar-refractivity contribution in [2.75, 3.05) is 5.73 Å². The Morgan fingerprint density at radius 1 is 1.56 bits per heavy atom. The summed E-state index contributed by atoms with van der Waals surface area (Å²) < 4.78 is 26.7. The first-order valence-electron chi connectivity index (χ1n) is 4.56. The summed E-state index contributed by atoms with van der Waals surface area (Å²) in [5, 5.41) is 0. The number of nitrogens with two attached hydrogens (primary N) is 1. The fraction of sp³-hybridized carbons (Fsp3) is 0.200. The Hall–Kier alpha value is -0.850. The zero-order chi connectivity index (χ0) is 12.3. The Bertz CT molecular complexity index is 500. The minimum atomic E-state index is -3.54. The van der Waals surface area contributed by atoms with Gasteiger partial charge >= 0.3 is 0 Å². The SMILES string of the molecule is C=CC(C)NS(=O)(=O)c1ccc(N)cc1Br. The molecule has 0 saturated heterocycles. The normalized spacial score (nSPS) is 13.4. The van der Waals surface area contributed by atoms with Crippen LogP contribution in [0.1, 0.15) is 6.92 Å². The number of halogens is 1. The molecule has 0 aliphatic carbocycles. The second-order valence-corrected chi connectivity index (χ2v) is 5.87. The highest BCUT2D eigenvalue weighted by molar-refractivity contribution is 9.10. The Labute approximate surface area is 104 Å². The van der Waals surface area contributed by atoms with Crippen LogP contribution in [0.3, 0.4) is 0 Å². The molecule has 0 radical (unpaired) electrons.